The van der Waals surface area contributed by atoms with Crippen molar-refractivity contribution >= 4 is 11.9 Å². The van der Waals surface area contributed by atoms with Gasteiger partial charge in [0, 0.05) is 6.04 Å². The Bertz CT molecular complexity index is 297. The van der Waals surface area contributed by atoms with Crippen LogP contribution >= 0.6 is 0 Å². The summed E-state index contributed by atoms with van der Waals surface area (Å²) in [5, 5.41) is 17.0. The number of anilines is 1. The van der Waals surface area contributed by atoms with Crippen LogP contribution in [0.25, 0.3) is 0 Å². The first-order chi connectivity index (χ1) is 6.13. The van der Waals surface area contributed by atoms with Gasteiger partial charge in [-0.2, -0.15) is 4.98 Å². The second-order valence-corrected chi connectivity index (χ2v) is 2.60. The van der Waals surface area contributed by atoms with E-state index in [1.807, 2.05) is 0 Å². The minimum absolute atomic E-state index is 0.0156. The predicted octanol–water partition coefficient (Wildman–Crippen LogP) is -1.50. The van der Waals surface area contributed by atoms with Gasteiger partial charge < -0.3 is 16.2 Å². The van der Waals surface area contributed by atoms with Gasteiger partial charge in [-0.05, 0) is 6.92 Å². The summed E-state index contributed by atoms with van der Waals surface area (Å²) in [6, 6.07) is -0.321. The van der Waals surface area contributed by atoms with E-state index in [4.69, 9.17) is 10.8 Å². The Labute approximate surface area is 74.4 Å². The first-order valence-corrected chi connectivity index (χ1v) is 3.73. The number of nitrogens with one attached hydrogen (secondary N) is 2. The van der Waals surface area contributed by atoms with Crippen molar-refractivity contribution in [1.29, 1.82) is 0 Å². The zero-order chi connectivity index (χ0) is 9.84. The van der Waals surface area contributed by atoms with Crippen LogP contribution in [0, 0.1) is 0 Å². The highest BCUT2D eigenvalue weighted by Crippen LogP contribution is 1.93. The van der Waals surface area contributed by atoms with Gasteiger partial charge >= 0.3 is 0 Å². The maximum absolute atomic E-state index is 11.2. The summed E-state index contributed by atoms with van der Waals surface area (Å²) in [7, 11) is 0. The number of aliphatic hydroxyl groups is 1. The van der Waals surface area contributed by atoms with Crippen molar-refractivity contribution in [3.05, 3.63) is 5.82 Å². The van der Waals surface area contributed by atoms with Crippen molar-refractivity contribution in [1.82, 2.24) is 20.5 Å². The maximum atomic E-state index is 11.2. The topological polar surface area (TPSA) is 117 Å². The van der Waals surface area contributed by atoms with Gasteiger partial charge in [0.2, 0.25) is 11.8 Å². The van der Waals surface area contributed by atoms with Crippen LogP contribution in [-0.4, -0.2) is 38.8 Å². The van der Waals surface area contributed by atoms with Crippen molar-refractivity contribution in [2.45, 2.75) is 13.0 Å². The van der Waals surface area contributed by atoms with Crippen molar-refractivity contribution in [2.75, 3.05) is 12.3 Å². The summed E-state index contributed by atoms with van der Waals surface area (Å²) >= 11 is 0. The average molecular weight is 185 g/mol. The highest BCUT2D eigenvalue weighted by atomic mass is 16.3. The van der Waals surface area contributed by atoms with E-state index in [0.717, 1.165) is 0 Å². The Morgan fingerprint density at radius 1 is 1.85 bits per heavy atom. The molecule has 72 valence electrons. The molecule has 0 radical (unpaired) electrons. The second-order valence-electron chi connectivity index (χ2n) is 2.60. The molecule has 0 spiro atoms. The molecule has 1 aromatic heterocycles. The summed E-state index contributed by atoms with van der Waals surface area (Å²) < 4.78 is 0. The first-order valence-electron chi connectivity index (χ1n) is 3.73. The van der Waals surface area contributed by atoms with Crippen LogP contribution in [0.1, 0.15) is 17.5 Å². The third kappa shape index (κ3) is 2.41. The van der Waals surface area contributed by atoms with E-state index in [2.05, 4.69) is 20.5 Å². The van der Waals surface area contributed by atoms with Crippen LogP contribution in [0.2, 0.25) is 0 Å². The highest BCUT2D eigenvalue weighted by Gasteiger charge is 2.12. The number of H-pyrrole nitrogens is 1. The molecule has 0 aromatic carbocycles. The zero-order valence-electron chi connectivity index (χ0n) is 7.11. The molecule has 1 heterocycles. The SMILES string of the molecule is CC(CO)NC(=O)c1nc(N)n[nH]1. The zero-order valence-corrected chi connectivity index (χ0v) is 7.11. The third-order valence-electron chi connectivity index (χ3n) is 1.37. The van der Waals surface area contributed by atoms with Crippen molar-refractivity contribution < 1.29 is 9.90 Å². The largest absolute Gasteiger partial charge is 0.394 e. The van der Waals surface area contributed by atoms with Gasteiger partial charge in [-0.15, -0.1) is 5.10 Å². The summed E-state index contributed by atoms with van der Waals surface area (Å²) in [4.78, 5) is 14.8. The van der Waals surface area contributed by atoms with Gasteiger partial charge in [0.25, 0.3) is 5.91 Å². The van der Waals surface area contributed by atoms with Crippen molar-refractivity contribution in [2.24, 2.45) is 0 Å². The van der Waals surface area contributed by atoms with Crippen LogP contribution in [0.15, 0.2) is 0 Å². The highest BCUT2D eigenvalue weighted by molar-refractivity contribution is 5.90. The van der Waals surface area contributed by atoms with E-state index in [-0.39, 0.29) is 24.4 Å². The fourth-order valence-corrected chi connectivity index (χ4v) is 0.714. The Morgan fingerprint density at radius 2 is 2.54 bits per heavy atom. The number of nitrogens with two attached hydrogens (primary N) is 1. The normalized spacial score (nSPS) is 12.5. The number of aromatic nitrogens is 3. The number of rotatable bonds is 3. The van der Waals surface area contributed by atoms with Crippen LogP contribution in [0.5, 0.6) is 0 Å². The van der Waals surface area contributed by atoms with Crippen molar-refractivity contribution in [3.8, 4) is 0 Å². The molecular formula is C6H11N5O2. The smallest absolute Gasteiger partial charge is 0.288 e. The lowest BCUT2D eigenvalue weighted by molar-refractivity contribution is 0.0912. The maximum Gasteiger partial charge on any atom is 0.288 e. The van der Waals surface area contributed by atoms with Gasteiger partial charge in [-0.3, -0.25) is 9.89 Å². The summed E-state index contributed by atoms with van der Waals surface area (Å²) in [5.41, 5.74) is 5.20. The molecule has 0 bridgehead atoms. The standard InChI is InChI=1S/C6H11N5O2/c1-3(2-12)8-5(13)4-9-6(7)11-10-4/h3,12H,2H2,1H3,(H,8,13)(H3,7,9,10,11). The average Bonchev–Trinajstić information content (AvgIpc) is 2.51. The van der Waals surface area contributed by atoms with Gasteiger partial charge in [0.05, 0.1) is 6.61 Å². The second kappa shape index (κ2) is 3.85. The predicted molar refractivity (Wildman–Crippen MR) is 44.8 cm³/mol. The molecule has 7 nitrogen and oxygen atoms in total. The molecule has 13 heavy (non-hydrogen) atoms. The van der Waals surface area contributed by atoms with Gasteiger partial charge in [0.15, 0.2) is 0 Å². The van der Waals surface area contributed by atoms with Crippen molar-refractivity contribution in [3.63, 3.8) is 0 Å². The lowest BCUT2D eigenvalue weighted by Gasteiger charge is -2.07. The number of nitrogens with zero attached hydrogens (tertiary/aromatic N) is 2. The van der Waals surface area contributed by atoms with Gasteiger partial charge in [-0.25, -0.2) is 0 Å². The van der Waals surface area contributed by atoms with E-state index in [0.29, 0.717) is 0 Å². The number of aromatic amines is 1. The molecule has 0 fully saturated rings. The summed E-state index contributed by atoms with van der Waals surface area (Å²) in [6.45, 7) is 1.53. The van der Waals surface area contributed by atoms with E-state index >= 15 is 0 Å². The van der Waals surface area contributed by atoms with Crippen LogP contribution in [0.3, 0.4) is 0 Å². The fourth-order valence-electron chi connectivity index (χ4n) is 0.714. The minimum atomic E-state index is -0.439. The molecule has 0 saturated heterocycles. The number of hydrogen-bond donors (Lipinski definition) is 4. The van der Waals surface area contributed by atoms with E-state index in [9.17, 15) is 4.79 Å². The minimum Gasteiger partial charge on any atom is -0.394 e. The van der Waals surface area contributed by atoms with Gasteiger partial charge in [0.1, 0.15) is 0 Å². The lowest BCUT2D eigenvalue weighted by Crippen LogP contribution is -2.35. The number of hydrogen-bond acceptors (Lipinski definition) is 5. The number of amides is 1. The molecule has 1 atom stereocenters. The van der Waals surface area contributed by atoms with Crippen LogP contribution in [-0.2, 0) is 0 Å². The molecule has 0 aliphatic rings. The molecule has 0 saturated carbocycles. The fraction of sp³-hybridized carbons (Fsp3) is 0.500. The molecule has 1 unspecified atom stereocenters. The number of carbonyl (C=O) groups is 1. The molecule has 1 rings (SSSR count). The van der Waals surface area contributed by atoms with E-state index < -0.39 is 5.91 Å². The van der Waals surface area contributed by atoms with Crippen LogP contribution in [0.4, 0.5) is 5.95 Å². The quantitative estimate of drug-likeness (QED) is 0.457. The molecule has 1 amide bonds. The van der Waals surface area contributed by atoms with E-state index in [1.165, 1.54) is 0 Å². The Hall–Kier alpha value is -1.63. The molecular weight excluding hydrogens is 174 g/mol. The molecule has 7 heteroatoms. The number of aliphatic hydroxyl groups excluding tert-OH is 1. The first kappa shape index (κ1) is 9.46. The van der Waals surface area contributed by atoms with E-state index in [1.54, 1.807) is 6.92 Å². The van der Waals surface area contributed by atoms with Crippen LogP contribution < -0.4 is 11.1 Å². The molecule has 5 N–H and O–H groups in total. The third-order valence-corrected chi connectivity index (χ3v) is 1.37. The Morgan fingerprint density at radius 3 is 3.00 bits per heavy atom. The Balaban J connectivity index is 2.58. The summed E-state index contributed by atoms with van der Waals surface area (Å²) in [6.07, 6.45) is 0. The lowest BCUT2D eigenvalue weighted by atomic mass is 10.3. The summed E-state index contributed by atoms with van der Waals surface area (Å²) in [5.74, 6) is -0.384. The van der Waals surface area contributed by atoms with Gasteiger partial charge in [-0.1, -0.05) is 0 Å². The molecule has 0 aliphatic carbocycles. The molecule has 1 aromatic rings. The Kier molecular flexibility index (Phi) is 2.80. The number of nitrogen functional groups attached to an aromatic ring is 1. The monoisotopic (exact) mass is 185 g/mol. The molecule has 0 aliphatic heterocycles. The number of carbonyl (C=O) groups excluding carboxylic acids is 1.